The molecule has 5 heteroatoms. The summed E-state index contributed by atoms with van der Waals surface area (Å²) in [5.74, 6) is 0. The molecule has 0 radical (unpaired) electrons. The molecule has 0 atom stereocenters. The Morgan fingerprint density at radius 2 is 2.29 bits per heavy atom. The van der Waals surface area contributed by atoms with Crippen LogP contribution >= 0.6 is 11.3 Å². The van der Waals surface area contributed by atoms with E-state index in [0.29, 0.717) is 6.42 Å². The summed E-state index contributed by atoms with van der Waals surface area (Å²) in [5, 5.41) is 11.8. The minimum absolute atomic E-state index is 0.142. The molecule has 0 unspecified atom stereocenters. The smallest absolute Gasteiger partial charge is 0.123 e. The number of aliphatic hydroxyl groups excluding tert-OH is 1. The molecule has 17 heavy (non-hydrogen) atoms. The van der Waals surface area contributed by atoms with E-state index in [0.717, 1.165) is 27.3 Å². The Balaban J connectivity index is 2.00. The summed E-state index contributed by atoms with van der Waals surface area (Å²) in [6.45, 7) is 0.142. The van der Waals surface area contributed by atoms with Crippen LogP contribution in [0.1, 0.15) is 5.69 Å². The summed E-state index contributed by atoms with van der Waals surface area (Å²) in [4.78, 5) is 11.8. The van der Waals surface area contributed by atoms with E-state index in [9.17, 15) is 0 Å². The van der Waals surface area contributed by atoms with Crippen molar-refractivity contribution in [2.24, 2.45) is 0 Å². The highest BCUT2D eigenvalue weighted by atomic mass is 32.1. The van der Waals surface area contributed by atoms with Gasteiger partial charge in [0.1, 0.15) is 5.01 Å². The zero-order chi connectivity index (χ0) is 11.7. The van der Waals surface area contributed by atoms with E-state index < -0.39 is 0 Å². The van der Waals surface area contributed by atoms with Gasteiger partial charge in [0.25, 0.3) is 0 Å². The molecule has 0 fully saturated rings. The lowest BCUT2D eigenvalue weighted by Gasteiger charge is -1.96. The first-order chi connectivity index (χ1) is 8.36. The minimum atomic E-state index is 0.142. The molecular formula is C12H11N3OS. The van der Waals surface area contributed by atoms with Gasteiger partial charge in [-0.25, -0.2) is 9.97 Å². The van der Waals surface area contributed by atoms with Crippen LogP contribution in [0.2, 0.25) is 0 Å². The van der Waals surface area contributed by atoms with Crippen molar-refractivity contribution in [1.29, 1.82) is 0 Å². The number of aromatic nitrogens is 3. The highest BCUT2D eigenvalue weighted by Crippen LogP contribution is 2.26. The Labute approximate surface area is 102 Å². The van der Waals surface area contributed by atoms with Gasteiger partial charge in [0, 0.05) is 24.0 Å². The molecule has 2 aromatic heterocycles. The largest absolute Gasteiger partial charge is 0.396 e. The summed E-state index contributed by atoms with van der Waals surface area (Å²) >= 11 is 1.60. The average Bonchev–Trinajstić information content (AvgIpc) is 2.96. The van der Waals surface area contributed by atoms with Crippen molar-refractivity contribution in [3.63, 3.8) is 0 Å². The molecule has 3 rings (SSSR count). The van der Waals surface area contributed by atoms with Gasteiger partial charge in [-0.1, -0.05) is 0 Å². The van der Waals surface area contributed by atoms with Crippen LogP contribution in [0.4, 0.5) is 0 Å². The van der Waals surface area contributed by atoms with Crippen molar-refractivity contribution in [2.75, 3.05) is 6.61 Å². The third-order valence-corrected chi connectivity index (χ3v) is 3.53. The number of imidazole rings is 1. The van der Waals surface area contributed by atoms with Gasteiger partial charge in [-0.2, -0.15) is 0 Å². The fraction of sp³-hybridized carbons (Fsp3) is 0.167. The molecule has 0 aliphatic rings. The Morgan fingerprint density at radius 3 is 3.18 bits per heavy atom. The van der Waals surface area contributed by atoms with Gasteiger partial charge >= 0.3 is 0 Å². The number of thiazole rings is 1. The minimum Gasteiger partial charge on any atom is -0.396 e. The summed E-state index contributed by atoms with van der Waals surface area (Å²) < 4.78 is 0. The van der Waals surface area contributed by atoms with E-state index in [4.69, 9.17) is 5.11 Å². The first-order valence-electron chi connectivity index (χ1n) is 5.35. The standard InChI is InChI=1S/C12H11N3OS/c16-4-3-9-6-17-12(15-9)8-1-2-10-11(5-8)14-7-13-10/h1-2,5-7,16H,3-4H2,(H,13,14). The zero-order valence-corrected chi connectivity index (χ0v) is 9.87. The summed E-state index contributed by atoms with van der Waals surface area (Å²) in [7, 11) is 0. The van der Waals surface area contributed by atoms with Crippen molar-refractivity contribution in [3.8, 4) is 10.6 Å². The molecule has 2 N–H and O–H groups in total. The molecule has 0 amide bonds. The molecule has 86 valence electrons. The number of aromatic amines is 1. The predicted octanol–water partition coefficient (Wildman–Crippen LogP) is 2.22. The van der Waals surface area contributed by atoms with E-state index in [1.807, 2.05) is 23.6 Å². The quantitative estimate of drug-likeness (QED) is 0.743. The molecule has 2 heterocycles. The Hall–Kier alpha value is -1.72. The average molecular weight is 245 g/mol. The first kappa shape index (κ1) is 10.4. The highest BCUT2D eigenvalue weighted by molar-refractivity contribution is 7.13. The number of fused-ring (bicyclic) bond motifs is 1. The van der Waals surface area contributed by atoms with Gasteiger partial charge in [0.05, 0.1) is 23.1 Å². The summed E-state index contributed by atoms with van der Waals surface area (Å²) in [6, 6.07) is 6.04. The van der Waals surface area contributed by atoms with Crippen LogP contribution in [0.3, 0.4) is 0 Å². The number of rotatable bonds is 3. The van der Waals surface area contributed by atoms with Crippen molar-refractivity contribution >= 4 is 22.4 Å². The third kappa shape index (κ3) is 1.94. The van der Waals surface area contributed by atoms with Gasteiger partial charge < -0.3 is 10.1 Å². The Morgan fingerprint density at radius 1 is 1.35 bits per heavy atom. The molecule has 0 spiro atoms. The number of benzene rings is 1. The number of nitrogens with zero attached hydrogens (tertiary/aromatic N) is 2. The lowest BCUT2D eigenvalue weighted by molar-refractivity contribution is 0.298. The number of hydrogen-bond donors (Lipinski definition) is 2. The molecule has 0 saturated heterocycles. The predicted molar refractivity (Wildman–Crippen MR) is 68.0 cm³/mol. The molecule has 0 aliphatic carbocycles. The maximum atomic E-state index is 8.86. The van der Waals surface area contributed by atoms with Crippen LogP contribution in [0.5, 0.6) is 0 Å². The maximum Gasteiger partial charge on any atom is 0.123 e. The van der Waals surface area contributed by atoms with Gasteiger partial charge in [-0.05, 0) is 18.2 Å². The summed E-state index contributed by atoms with van der Waals surface area (Å²) in [5.41, 5.74) is 4.00. The van der Waals surface area contributed by atoms with Gasteiger partial charge in [-0.15, -0.1) is 11.3 Å². The molecule has 0 bridgehead atoms. The van der Waals surface area contributed by atoms with E-state index in [1.165, 1.54) is 0 Å². The molecule has 3 aromatic rings. The van der Waals surface area contributed by atoms with Crippen LogP contribution < -0.4 is 0 Å². The Kier molecular flexibility index (Phi) is 2.62. The number of hydrogen-bond acceptors (Lipinski definition) is 4. The monoisotopic (exact) mass is 245 g/mol. The van der Waals surface area contributed by atoms with E-state index in [-0.39, 0.29) is 6.61 Å². The zero-order valence-electron chi connectivity index (χ0n) is 9.05. The third-order valence-electron chi connectivity index (χ3n) is 2.59. The molecule has 4 nitrogen and oxygen atoms in total. The summed E-state index contributed by atoms with van der Waals surface area (Å²) in [6.07, 6.45) is 2.30. The fourth-order valence-electron chi connectivity index (χ4n) is 1.74. The topological polar surface area (TPSA) is 61.8 Å². The van der Waals surface area contributed by atoms with Crippen LogP contribution in [-0.2, 0) is 6.42 Å². The second-order valence-electron chi connectivity index (χ2n) is 3.75. The first-order valence-corrected chi connectivity index (χ1v) is 6.23. The second kappa shape index (κ2) is 4.27. The van der Waals surface area contributed by atoms with E-state index in [2.05, 4.69) is 15.0 Å². The van der Waals surface area contributed by atoms with E-state index >= 15 is 0 Å². The van der Waals surface area contributed by atoms with Crippen LogP contribution in [0, 0.1) is 0 Å². The normalized spacial score (nSPS) is 11.1. The maximum absolute atomic E-state index is 8.86. The second-order valence-corrected chi connectivity index (χ2v) is 4.61. The van der Waals surface area contributed by atoms with Crippen molar-refractivity contribution in [2.45, 2.75) is 6.42 Å². The van der Waals surface area contributed by atoms with Crippen molar-refractivity contribution < 1.29 is 5.11 Å². The van der Waals surface area contributed by atoms with Crippen molar-refractivity contribution in [3.05, 3.63) is 35.6 Å². The van der Waals surface area contributed by atoms with Crippen LogP contribution in [0.15, 0.2) is 29.9 Å². The number of nitrogens with one attached hydrogen (secondary N) is 1. The molecule has 1 aromatic carbocycles. The van der Waals surface area contributed by atoms with Gasteiger partial charge in [-0.3, -0.25) is 0 Å². The van der Waals surface area contributed by atoms with Gasteiger partial charge in [0.2, 0.25) is 0 Å². The fourth-order valence-corrected chi connectivity index (χ4v) is 2.59. The number of H-pyrrole nitrogens is 1. The van der Waals surface area contributed by atoms with Gasteiger partial charge in [0.15, 0.2) is 0 Å². The van der Waals surface area contributed by atoms with E-state index in [1.54, 1.807) is 17.7 Å². The molecule has 0 aliphatic heterocycles. The highest BCUT2D eigenvalue weighted by Gasteiger charge is 2.06. The SMILES string of the molecule is OCCc1csc(-c2ccc3nc[nH]c3c2)n1. The lowest BCUT2D eigenvalue weighted by atomic mass is 10.2. The van der Waals surface area contributed by atoms with Crippen LogP contribution in [0.25, 0.3) is 21.6 Å². The van der Waals surface area contributed by atoms with Crippen molar-refractivity contribution in [1.82, 2.24) is 15.0 Å². The molecule has 0 saturated carbocycles. The lowest BCUT2D eigenvalue weighted by Crippen LogP contribution is -1.90. The number of aliphatic hydroxyl groups is 1. The Bertz CT molecular complexity index is 644. The molecular weight excluding hydrogens is 234 g/mol. The van der Waals surface area contributed by atoms with Crippen LogP contribution in [-0.4, -0.2) is 26.7 Å².